The first-order valence-corrected chi connectivity index (χ1v) is 12.5. The Morgan fingerprint density at radius 1 is 1.00 bits per heavy atom. The van der Waals surface area contributed by atoms with E-state index in [1.807, 2.05) is 77.5 Å². The molecule has 4 aromatic rings. The summed E-state index contributed by atoms with van der Waals surface area (Å²) in [7, 11) is 3.19. The third-order valence-electron chi connectivity index (χ3n) is 6.07. The van der Waals surface area contributed by atoms with Gasteiger partial charge < -0.3 is 29.2 Å². The van der Waals surface area contributed by atoms with E-state index in [1.165, 1.54) is 0 Å². The number of carbonyl (C=O) groups excluding carboxylic acids is 1. The number of rotatable bonds is 10. The lowest BCUT2D eigenvalue weighted by atomic mass is 10.0. The smallest absolute Gasteiger partial charge is 0.407 e. The van der Waals surface area contributed by atoms with E-state index in [2.05, 4.69) is 21.2 Å². The van der Waals surface area contributed by atoms with Gasteiger partial charge in [0.2, 0.25) is 0 Å². The minimum atomic E-state index is -0.458. The van der Waals surface area contributed by atoms with Crippen LogP contribution >= 0.6 is 15.9 Å². The van der Waals surface area contributed by atoms with Gasteiger partial charge in [0.05, 0.1) is 20.3 Å². The molecule has 3 aromatic carbocycles. The van der Waals surface area contributed by atoms with E-state index in [1.54, 1.807) is 14.2 Å². The maximum Gasteiger partial charge on any atom is 0.407 e. The Morgan fingerprint density at radius 3 is 2.50 bits per heavy atom. The molecule has 4 rings (SSSR count). The molecule has 0 saturated carbocycles. The highest BCUT2D eigenvalue weighted by molar-refractivity contribution is 9.10. The number of nitrogens with one attached hydrogen (secondary N) is 1. The van der Waals surface area contributed by atoms with Crippen molar-refractivity contribution in [2.24, 2.45) is 0 Å². The Hall–Kier alpha value is -3.65. The van der Waals surface area contributed by atoms with Crippen LogP contribution in [0, 0.1) is 0 Å². The van der Waals surface area contributed by atoms with Crippen LogP contribution in [0.5, 0.6) is 17.4 Å². The highest BCUT2D eigenvalue weighted by Gasteiger charge is 2.21. The van der Waals surface area contributed by atoms with Crippen molar-refractivity contribution in [1.82, 2.24) is 9.88 Å². The van der Waals surface area contributed by atoms with Gasteiger partial charge in [-0.1, -0.05) is 58.4 Å². The molecule has 0 saturated heterocycles. The Balaban J connectivity index is 1.50. The second-order valence-corrected chi connectivity index (χ2v) is 9.18. The molecule has 0 unspecified atom stereocenters. The van der Waals surface area contributed by atoms with Gasteiger partial charge in [0.1, 0.15) is 6.61 Å². The number of amides is 1. The second kappa shape index (κ2) is 11.9. The summed E-state index contributed by atoms with van der Waals surface area (Å²) in [5.41, 5.74) is 1.88. The van der Waals surface area contributed by atoms with E-state index in [0.717, 1.165) is 26.4 Å². The molecular formula is C28H29BrN2O5. The molecule has 1 aromatic heterocycles. The first-order chi connectivity index (χ1) is 17.5. The highest BCUT2D eigenvalue weighted by atomic mass is 79.9. The molecule has 1 amide bonds. The summed E-state index contributed by atoms with van der Waals surface area (Å²) in [6.07, 6.45) is 2.80. The van der Waals surface area contributed by atoms with E-state index in [4.69, 9.17) is 14.2 Å². The van der Waals surface area contributed by atoms with E-state index >= 15 is 0 Å². The van der Waals surface area contributed by atoms with Crippen LogP contribution in [0.15, 0.2) is 77.4 Å². The van der Waals surface area contributed by atoms with Crippen LogP contribution in [-0.4, -0.2) is 36.5 Å². The molecule has 188 valence electrons. The molecule has 0 spiro atoms. The lowest BCUT2D eigenvalue weighted by Gasteiger charge is -2.22. The van der Waals surface area contributed by atoms with Gasteiger partial charge in [0.25, 0.3) is 0 Å². The maximum absolute atomic E-state index is 12.1. The van der Waals surface area contributed by atoms with Crippen LogP contribution in [0.1, 0.15) is 30.0 Å². The van der Waals surface area contributed by atoms with Gasteiger partial charge in [0, 0.05) is 28.0 Å². The largest absolute Gasteiger partial charge is 0.494 e. The number of fused-ring (bicyclic) bond motifs is 1. The van der Waals surface area contributed by atoms with Gasteiger partial charge in [-0.25, -0.2) is 4.79 Å². The Bertz CT molecular complexity index is 1320. The fourth-order valence-corrected chi connectivity index (χ4v) is 4.70. The summed E-state index contributed by atoms with van der Waals surface area (Å²) in [4.78, 5) is 12.1. The minimum Gasteiger partial charge on any atom is -0.494 e. The lowest BCUT2D eigenvalue weighted by molar-refractivity contribution is 0.139. The van der Waals surface area contributed by atoms with Crippen molar-refractivity contribution in [1.29, 1.82) is 0 Å². The number of hydrogen-bond acceptors (Lipinski definition) is 5. The van der Waals surface area contributed by atoms with Gasteiger partial charge in [-0.2, -0.15) is 0 Å². The van der Waals surface area contributed by atoms with E-state index in [-0.39, 0.29) is 18.5 Å². The number of aromatic hydroxyl groups is 1. The molecule has 2 N–H and O–H groups in total. The van der Waals surface area contributed by atoms with Crippen LogP contribution < -0.4 is 14.8 Å². The fraction of sp³-hybridized carbons (Fsp3) is 0.250. The van der Waals surface area contributed by atoms with Crippen molar-refractivity contribution in [2.75, 3.05) is 20.8 Å². The van der Waals surface area contributed by atoms with Crippen LogP contribution in [0.25, 0.3) is 10.8 Å². The number of nitrogens with zero attached hydrogens (tertiary/aromatic N) is 1. The number of ether oxygens (including phenoxy) is 3. The van der Waals surface area contributed by atoms with Gasteiger partial charge >= 0.3 is 6.09 Å². The van der Waals surface area contributed by atoms with Crippen molar-refractivity contribution in [3.8, 4) is 17.4 Å². The molecule has 7 nitrogen and oxygen atoms in total. The number of aromatic nitrogens is 1. The number of hydrogen-bond donors (Lipinski definition) is 2. The van der Waals surface area contributed by atoms with Gasteiger partial charge in [-0.3, -0.25) is 0 Å². The second-order valence-electron chi connectivity index (χ2n) is 8.32. The first kappa shape index (κ1) is 25.4. The van der Waals surface area contributed by atoms with Crippen molar-refractivity contribution < 1.29 is 24.1 Å². The zero-order valence-electron chi connectivity index (χ0n) is 20.2. The van der Waals surface area contributed by atoms with Crippen LogP contribution in [0.4, 0.5) is 4.79 Å². The number of halogens is 1. The summed E-state index contributed by atoms with van der Waals surface area (Å²) < 4.78 is 19.0. The normalized spacial score (nSPS) is 11.8. The van der Waals surface area contributed by atoms with Crippen molar-refractivity contribution in [3.63, 3.8) is 0 Å². The number of alkyl carbamates (subject to hydrolysis) is 1. The van der Waals surface area contributed by atoms with Gasteiger partial charge in [0.15, 0.2) is 17.4 Å². The monoisotopic (exact) mass is 552 g/mol. The number of benzene rings is 3. The van der Waals surface area contributed by atoms with Crippen molar-refractivity contribution in [3.05, 3.63) is 88.5 Å². The van der Waals surface area contributed by atoms with Crippen molar-refractivity contribution >= 4 is 32.8 Å². The summed E-state index contributed by atoms with van der Waals surface area (Å²) in [5.74, 6) is 1.42. The standard InChI is InChI=1S/C28H29BrN2O5/c1-34-25-14-13-20(16-26(25)35-2)24(31-17-22-21(27(31)32)10-6-11-23(22)29)12-7-15-30-28(33)36-18-19-8-4-3-5-9-19/h3-6,8-11,13-14,16-17,24,32H,7,12,15,18H2,1-2H3,(H,30,33)/t24-/m1/s1. The lowest BCUT2D eigenvalue weighted by Crippen LogP contribution is -2.25. The fourth-order valence-electron chi connectivity index (χ4n) is 4.23. The number of carbonyl (C=O) groups is 1. The predicted molar refractivity (Wildman–Crippen MR) is 143 cm³/mol. The average Bonchev–Trinajstić information content (AvgIpc) is 3.25. The predicted octanol–water partition coefficient (Wildman–Crippen LogP) is 6.42. The molecule has 0 aliphatic heterocycles. The average molecular weight is 553 g/mol. The van der Waals surface area contributed by atoms with Crippen LogP contribution in [0.3, 0.4) is 0 Å². The molecule has 0 bridgehead atoms. The van der Waals surface area contributed by atoms with Crippen LogP contribution in [0.2, 0.25) is 0 Å². The van der Waals surface area contributed by atoms with E-state index < -0.39 is 6.09 Å². The molecule has 0 fully saturated rings. The summed E-state index contributed by atoms with van der Waals surface area (Å²) in [5, 5.41) is 15.6. The Labute approximate surface area is 218 Å². The Morgan fingerprint density at radius 2 is 1.78 bits per heavy atom. The molecule has 0 aliphatic rings. The zero-order valence-corrected chi connectivity index (χ0v) is 21.8. The van der Waals surface area contributed by atoms with E-state index in [0.29, 0.717) is 30.9 Å². The third kappa shape index (κ3) is 5.76. The third-order valence-corrected chi connectivity index (χ3v) is 6.76. The van der Waals surface area contributed by atoms with Crippen molar-refractivity contribution in [2.45, 2.75) is 25.5 Å². The molecule has 36 heavy (non-hydrogen) atoms. The Kier molecular flexibility index (Phi) is 8.38. The number of methoxy groups -OCH3 is 2. The molecule has 0 aliphatic carbocycles. The molecule has 1 heterocycles. The van der Waals surface area contributed by atoms with Crippen LogP contribution in [-0.2, 0) is 11.3 Å². The van der Waals surface area contributed by atoms with Gasteiger partial charge in [-0.15, -0.1) is 0 Å². The van der Waals surface area contributed by atoms with E-state index in [9.17, 15) is 9.90 Å². The molecular weight excluding hydrogens is 524 g/mol. The summed E-state index contributed by atoms with van der Waals surface area (Å²) in [6.45, 7) is 0.655. The minimum absolute atomic E-state index is 0.182. The summed E-state index contributed by atoms with van der Waals surface area (Å²) >= 11 is 3.58. The topological polar surface area (TPSA) is 82.0 Å². The summed E-state index contributed by atoms with van der Waals surface area (Å²) in [6, 6.07) is 20.8. The van der Waals surface area contributed by atoms with Gasteiger partial charge in [-0.05, 0) is 48.2 Å². The highest BCUT2D eigenvalue weighted by Crippen LogP contribution is 2.39. The SMILES string of the molecule is COc1ccc([C@@H](CCCNC(=O)OCc2ccccc2)n2cc3c(Br)cccc3c2O)cc1OC. The molecule has 1 atom stereocenters. The quantitative estimate of drug-likeness (QED) is 0.222. The molecule has 8 heteroatoms. The zero-order chi connectivity index (χ0) is 25.5. The molecule has 0 radical (unpaired) electrons. The first-order valence-electron chi connectivity index (χ1n) is 11.7. The maximum atomic E-state index is 12.1.